The van der Waals surface area contributed by atoms with Gasteiger partial charge in [0.15, 0.2) is 10.8 Å². The van der Waals surface area contributed by atoms with Crippen LogP contribution in [0, 0.1) is 0 Å². The van der Waals surface area contributed by atoms with Gasteiger partial charge < -0.3 is 5.32 Å². The van der Waals surface area contributed by atoms with E-state index in [9.17, 15) is 4.79 Å². The van der Waals surface area contributed by atoms with Crippen LogP contribution in [0.5, 0.6) is 0 Å². The van der Waals surface area contributed by atoms with Crippen LogP contribution < -0.4 is 5.32 Å². The molecule has 1 amide bonds. The van der Waals surface area contributed by atoms with Crippen LogP contribution in [0.15, 0.2) is 42.9 Å². The van der Waals surface area contributed by atoms with Crippen LogP contribution >= 0.6 is 11.6 Å². The Labute approximate surface area is 132 Å². The van der Waals surface area contributed by atoms with Crippen LogP contribution in [0.4, 0.5) is 0 Å². The lowest BCUT2D eigenvalue weighted by Gasteiger charge is -2.05. The zero-order valence-corrected chi connectivity index (χ0v) is 12.4. The molecule has 22 heavy (non-hydrogen) atoms. The fraction of sp³-hybridized carbons (Fsp3) is 0.188. The summed E-state index contributed by atoms with van der Waals surface area (Å²) in [5.74, 6) is -0.0144. The highest BCUT2D eigenvalue weighted by molar-refractivity contribution is 6.32. The summed E-state index contributed by atoms with van der Waals surface area (Å²) < 4.78 is 1.88. The highest BCUT2D eigenvalue weighted by atomic mass is 35.5. The highest BCUT2D eigenvalue weighted by Crippen LogP contribution is 2.24. The summed E-state index contributed by atoms with van der Waals surface area (Å²) in [6, 6.07) is 7.85. The summed E-state index contributed by atoms with van der Waals surface area (Å²) in [6.07, 6.45) is 7.37. The Kier molecular flexibility index (Phi) is 3.08. The third-order valence-electron chi connectivity index (χ3n) is 3.74. The number of benzene rings is 1. The predicted octanol–water partition coefficient (Wildman–Crippen LogP) is 2.94. The molecule has 0 atom stereocenters. The Morgan fingerprint density at radius 2 is 2.00 bits per heavy atom. The summed E-state index contributed by atoms with van der Waals surface area (Å²) in [5, 5.41) is 3.35. The molecule has 3 aromatic rings. The molecular formula is C16H13ClN4O. The van der Waals surface area contributed by atoms with Gasteiger partial charge in [-0.15, -0.1) is 0 Å². The predicted molar refractivity (Wildman–Crippen MR) is 83.9 cm³/mol. The molecule has 1 N–H and O–H groups in total. The molecule has 1 saturated carbocycles. The molecule has 0 spiro atoms. The molecular weight excluding hydrogens is 300 g/mol. The van der Waals surface area contributed by atoms with Crippen LogP contribution in [-0.4, -0.2) is 26.3 Å². The van der Waals surface area contributed by atoms with Crippen LogP contribution in [0.25, 0.3) is 16.9 Å². The van der Waals surface area contributed by atoms with Crippen molar-refractivity contribution in [1.29, 1.82) is 0 Å². The SMILES string of the molecule is O=C(NC1CC1)c1ccc(-c2cnc3c(Cl)nccn23)cc1. The maximum absolute atomic E-state index is 12.0. The van der Waals surface area contributed by atoms with Crippen molar-refractivity contribution in [2.45, 2.75) is 18.9 Å². The van der Waals surface area contributed by atoms with Gasteiger partial charge in [0, 0.05) is 29.6 Å². The lowest BCUT2D eigenvalue weighted by Crippen LogP contribution is -2.25. The van der Waals surface area contributed by atoms with E-state index in [0.29, 0.717) is 22.4 Å². The first-order valence-electron chi connectivity index (χ1n) is 7.11. The maximum atomic E-state index is 12.0. The van der Waals surface area contributed by atoms with E-state index >= 15 is 0 Å². The normalized spacial score (nSPS) is 14.2. The molecule has 0 unspecified atom stereocenters. The number of nitrogens with zero attached hydrogens (tertiary/aromatic N) is 3. The number of hydrogen-bond donors (Lipinski definition) is 1. The van der Waals surface area contributed by atoms with Gasteiger partial charge in [-0.1, -0.05) is 23.7 Å². The van der Waals surface area contributed by atoms with E-state index in [1.165, 1.54) is 0 Å². The van der Waals surface area contributed by atoms with Crippen molar-refractivity contribution in [3.05, 3.63) is 53.6 Å². The number of amides is 1. The number of rotatable bonds is 3. The largest absolute Gasteiger partial charge is 0.349 e. The van der Waals surface area contributed by atoms with Crippen LogP contribution in [0.3, 0.4) is 0 Å². The van der Waals surface area contributed by atoms with Crippen molar-refractivity contribution < 1.29 is 4.79 Å². The molecule has 6 heteroatoms. The third kappa shape index (κ3) is 2.33. The molecule has 0 aliphatic heterocycles. The lowest BCUT2D eigenvalue weighted by atomic mass is 10.1. The molecule has 0 saturated heterocycles. The molecule has 110 valence electrons. The van der Waals surface area contributed by atoms with E-state index in [4.69, 9.17) is 11.6 Å². The number of halogens is 1. The van der Waals surface area contributed by atoms with E-state index in [1.54, 1.807) is 12.4 Å². The van der Waals surface area contributed by atoms with Gasteiger partial charge in [-0.3, -0.25) is 9.20 Å². The Balaban J connectivity index is 1.67. The zero-order valence-electron chi connectivity index (χ0n) is 11.7. The molecule has 2 heterocycles. The summed E-state index contributed by atoms with van der Waals surface area (Å²) in [5.41, 5.74) is 3.17. The monoisotopic (exact) mass is 312 g/mol. The van der Waals surface area contributed by atoms with Crippen molar-refractivity contribution in [2.24, 2.45) is 0 Å². The third-order valence-corrected chi connectivity index (χ3v) is 4.01. The Morgan fingerprint density at radius 3 is 2.73 bits per heavy atom. The molecule has 2 aromatic heterocycles. The van der Waals surface area contributed by atoms with Crippen LogP contribution in [0.2, 0.25) is 5.15 Å². The second-order valence-electron chi connectivity index (χ2n) is 5.38. The van der Waals surface area contributed by atoms with Crippen LogP contribution in [-0.2, 0) is 0 Å². The Bertz CT molecular complexity index is 852. The van der Waals surface area contributed by atoms with Gasteiger partial charge in [-0.05, 0) is 25.0 Å². The molecule has 0 radical (unpaired) electrons. The highest BCUT2D eigenvalue weighted by Gasteiger charge is 2.23. The van der Waals surface area contributed by atoms with Gasteiger partial charge in [0.25, 0.3) is 5.91 Å². The van der Waals surface area contributed by atoms with Gasteiger partial charge >= 0.3 is 0 Å². The number of carbonyl (C=O) groups excluding carboxylic acids is 1. The molecule has 0 bridgehead atoms. The molecule has 4 rings (SSSR count). The minimum atomic E-state index is -0.0144. The fourth-order valence-corrected chi connectivity index (χ4v) is 2.59. The van der Waals surface area contributed by atoms with E-state index < -0.39 is 0 Å². The number of carbonyl (C=O) groups is 1. The molecule has 1 fully saturated rings. The molecule has 5 nitrogen and oxygen atoms in total. The van der Waals surface area contributed by atoms with E-state index in [1.807, 2.05) is 34.9 Å². The van der Waals surface area contributed by atoms with E-state index in [2.05, 4.69) is 15.3 Å². The lowest BCUT2D eigenvalue weighted by molar-refractivity contribution is 0.0951. The average Bonchev–Trinajstić information content (AvgIpc) is 3.23. The summed E-state index contributed by atoms with van der Waals surface area (Å²) >= 11 is 6.03. The first-order valence-corrected chi connectivity index (χ1v) is 7.49. The minimum Gasteiger partial charge on any atom is -0.349 e. The molecule has 1 aliphatic carbocycles. The van der Waals surface area contributed by atoms with Crippen molar-refractivity contribution in [2.75, 3.05) is 0 Å². The first kappa shape index (κ1) is 13.3. The Morgan fingerprint density at radius 1 is 1.23 bits per heavy atom. The average molecular weight is 313 g/mol. The fourth-order valence-electron chi connectivity index (χ4n) is 2.39. The van der Waals surface area contributed by atoms with Crippen molar-refractivity contribution >= 4 is 23.2 Å². The van der Waals surface area contributed by atoms with Gasteiger partial charge in [0.1, 0.15) is 0 Å². The number of fused-ring (bicyclic) bond motifs is 1. The number of nitrogens with one attached hydrogen (secondary N) is 1. The number of hydrogen-bond acceptors (Lipinski definition) is 3. The maximum Gasteiger partial charge on any atom is 0.251 e. The van der Waals surface area contributed by atoms with Crippen LogP contribution in [0.1, 0.15) is 23.2 Å². The molecule has 1 aromatic carbocycles. The smallest absolute Gasteiger partial charge is 0.251 e. The van der Waals surface area contributed by atoms with Crippen molar-refractivity contribution in [3.8, 4) is 11.3 Å². The number of imidazole rings is 1. The topological polar surface area (TPSA) is 59.3 Å². The van der Waals surface area contributed by atoms with E-state index in [0.717, 1.165) is 24.1 Å². The van der Waals surface area contributed by atoms with Crippen molar-refractivity contribution in [1.82, 2.24) is 19.7 Å². The van der Waals surface area contributed by atoms with Gasteiger partial charge in [0.05, 0.1) is 11.9 Å². The second kappa shape index (κ2) is 5.10. The Hall–Kier alpha value is -2.40. The van der Waals surface area contributed by atoms with Gasteiger partial charge in [-0.2, -0.15) is 0 Å². The van der Waals surface area contributed by atoms with Gasteiger partial charge in [0.2, 0.25) is 0 Å². The minimum absolute atomic E-state index is 0.0144. The first-order chi connectivity index (χ1) is 10.7. The summed E-state index contributed by atoms with van der Waals surface area (Å²) in [4.78, 5) is 20.3. The zero-order chi connectivity index (χ0) is 15.1. The van der Waals surface area contributed by atoms with Gasteiger partial charge in [-0.25, -0.2) is 9.97 Å². The quantitative estimate of drug-likeness (QED) is 0.809. The van der Waals surface area contributed by atoms with E-state index in [-0.39, 0.29) is 5.91 Å². The molecule has 1 aliphatic rings. The number of aromatic nitrogens is 3. The summed E-state index contributed by atoms with van der Waals surface area (Å²) in [7, 11) is 0. The summed E-state index contributed by atoms with van der Waals surface area (Å²) in [6.45, 7) is 0. The second-order valence-corrected chi connectivity index (χ2v) is 5.74. The standard InChI is InChI=1S/C16H13ClN4O/c17-14-15-19-9-13(21(15)8-7-18-14)10-1-3-11(4-2-10)16(22)20-12-5-6-12/h1-4,7-9,12H,5-6H2,(H,20,22). The van der Waals surface area contributed by atoms with Crippen molar-refractivity contribution in [3.63, 3.8) is 0 Å².